The van der Waals surface area contributed by atoms with E-state index in [1.807, 2.05) is 121 Å². The summed E-state index contributed by atoms with van der Waals surface area (Å²) >= 11 is 0. The molecule has 8 rings (SSSR count). The molecule has 0 atom stereocenters. The Balaban J connectivity index is 1.10. The smallest absolute Gasteiger partial charge is 0.343 e. The van der Waals surface area contributed by atoms with Crippen molar-refractivity contribution in [2.75, 3.05) is 0 Å². The molecule has 0 unspecified atom stereocenters. The van der Waals surface area contributed by atoms with Crippen molar-refractivity contribution in [2.24, 2.45) is 0 Å². The lowest BCUT2D eigenvalue weighted by molar-refractivity contribution is 0.0723. The average molecular weight is 707 g/mol. The summed E-state index contributed by atoms with van der Waals surface area (Å²) in [5.74, 6) is 0.869. The van der Waals surface area contributed by atoms with Crippen LogP contribution in [-0.2, 0) is 13.2 Å². The minimum Gasteiger partial charge on any atom is -0.489 e. The van der Waals surface area contributed by atoms with Crippen LogP contribution in [0.15, 0.2) is 182 Å². The topological polar surface area (TPSA) is 71.1 Å². The van der Waals surface area contributed by atoms with Crippen molar-refractivity contribution >= 4 is 33.5 Å². The van der Waals surface area contributed by atoms with Crippen LogP contribution in [0.1, 0.15) is 31.8 Å². The highest BCUT2D eigenvalue weighted by Gasteiger charge is 2.23. The summed E-state index contributed by atoms with van der Waals surface area (Å²) in [7, 11) is 0. The van der Waals surface area contributed by atoms with E-state index in [9.17, 15) is 9.59 Å². The molecule has 0 radical (unpaired) electrons. The summed E-state index contributed by atoms with van der Waals surface area (Å²) in [6.45, 7) is 0.828. The number of hydrogen-bond donors (Lipinski definition) is 0. The van der Waals surface area contributed by atoms with Crippen LogP contribution in [0.4, 0.5) is 0 Å². The van der Waals surface area contributed by atoms with Crippen molar-refractivity contribution in [3.05, 3.63) is 204 Å². The van der Waals surface area contributed by atoms with Crippen molar-refractivity contribution in [1.29, 1.82) is 0 Å². The predicted molar refractivity (Wildman–Crippen MR) is 211 cm³/mol. The van der Waals surface area contributed by atoms with Gasteiger partial charge in [0.25, 0.3) is 0 Å². The van der Waals surface area contributed by atoms with Gasteiger partial charge in [0.15, 0.2) is 0 Å². The van der Waals surface area contributed by atoms with Crippen molar-refractivity contribution < 1.29 is 28.5 Å². The monoisotopic (exact) mass is 706 g/mol. The average Bonchev–Trinajstić information content (AvgIpc) is 3.23. The van der Waals surface area contributed by atoms with Gasteiger partial charge < -0.3 is 18.9 Å². The second-order valence-electron chi connectivity index (χ2n) is 12.7. The minimum atomic E-state index is -0.533. The first kappa shape index (κ1) is 33.9. The maximum atomic E-state index is 13.7. The number of rotatable bonds is 11. The van der Waals surface area contributed by atoms with Crippen molar-refractivity contribution in [1.82, 2.24) is 0 Å². The second kappa shape index (κ2) is 15.6. The van der Waals surface area contributed by atoms with Crippen LogP contribution in [0, 0.1) is 0 Å². The van der Waals surface area contributed by atoms with Crippen LogP contribution in [-0.4, -0.2) is 11.9 Å². The molecular formula is C48H34O6. The summed E-state index contributed by atoms with van der Waals surface area (Å²) < 4.78 is 24.2. The van der Waals surface area contributed by atoms with Crippen LogP contribution in [0.2, 0.25) is 0 Å². The SMILES string of the molecule is O=C(Oc1ccc2ccccc2c1-c1c(OC(=O)c2ccc(OCc3ccccc3)cc2)ccc2ccccc12)c1ccc(OCc2ccccc2)cc1. The molecular weight excluding hydrogens is 673 g/mol. The number of carbonyl (C=O) groups is 2. The highest BCUT2D eigenvalue weighted by Crippen LogP contribution is 2.46. The normalized spacial score (nSPS) is 10.9. The van der Waals surface area contributed by atoms with Gasteiger partial charge in [-0.15, -0.1) is 0 Å². The highest BCUT2D eigenvalue weighted by molar-refractivity contribution is 6.11. The third-order valence-corrected chi connectivity index (χ3v) is 9.11. The summed E-state index contributed by atoms with van der Waals surface area (Å²) in [4.78, 5) is 27.5. The number of esters is 2. The van der Waals surface area contributed by atoms with Gasteiger partial charge in [-0.1, -0.05) is 121 Å². The van der Waals surface area contributed by atoms with E-state index in [2.05, 4.69) is 0 Å². The van der Waals surface area contributed by atoms with Gasteiger partial charge >= 0.3 is 11.9 Å². The van der Waals surface area contributed by atoms with E-state index in [0.29, 0.717) is 58.5 Å². The molecule has 262 valence electrons. The summed E-state index contributed by atoms with van der Waals surface area (Å²) in [6.07, 6.45) is 0. The molecule has 0 aliphatic carbocycles. The van der Waals surface area contributed by atoms with Gasteiger partial charge in [0.2, 0.25) is 0 Å². The molecule has 0 spiro atoms. The van der Waals surface area contributed by atoms with Gasteiger partial charge in [0.1, 0.15) is 36.2 Å². The number of benzene rings is 8. The van der Waals surface area contributed by atoms with E-state index in [1.165, 1.54) is 0 Å². The van der Waals surface area contributed by atoms with Crippen molar-refractivity contribution in [2.45, 2.75) is 13.2 Å². The Morgan fingerprint density at radius 3 is 1.15 bits per heavy atom. The Bertz CT molecular complexity index is 2380. The largest absolute Gasteiger partial charge is 0.489 e. The molecule has 0 bridgehead atoms. The molecule has 8 aromatic rings. The number of fused-ring (bicyclic) bond motifs is 2. The fourth-order valence-corrected chi connectivity index (χ4v) is 6.36. The molecule has 0 amide bonds. The maximum Gasteiger partial charge on any atom is 0.343 e. The zero-order valence-electron chi connectivity index (χ0n) is 29.2. The Morgan fingerprint density at radius 1 is 0.370 bits per heavy atom. The van der Waals surface area contributed by atoms with Crippen LogP contribution in [0.3, 0.4) is 0 Å². The summed E-state index contributed by atoms with van der Waals surface area (Å²) in [5, 5.41) is 3.54. The minimum absolute atomic E-state index is 0.330. The lowest BCUT2D eigenvalue weighted by Crippen LogP contribution is -2.11. The third-order valence-electron chi connectivity index (χ3n) is 9.11. The molecule has 0 saturated heterocycles. The summed E-state index contributed by atoms with van der Waals surface area (Å²) in [5.41, 5.74) is 4.08. The van der Waals surface area contributed by atoms with Gasteiger partial charge in [0, 0.05) is 11.1 Å². The first-order valence-electron chi connectivity index (χ1n) is 17.6. The standard InChI is InChI=1S/C48H34O6/c49-47(37-19-25-39(26-20-37)51-31-33-11-3-1-4-12-33)53-43-29-23-35-15-7-9-17-41(35)45(43)46-42-18-10-8-16-36(42)24-30-44(46)54-48(50)38-21-27-40(28-22-38)52-32-34-13-5-2-6-14-34/h1-30H,31-32H2. The second-order valence-corrected chi connectivity index (χ2v) is 12.7. The summed E-state index contributed by atoms with van der Waals surface area (Å²) in [6, 6.07) is 56.7. The van der Waals surface area contributed by atoms with E-state index in [1.54, 1.807) is 60.7 Å². The van der Waals surface area contributed by atoms with E-state index < -0.39 is 11.9 Å². The molecule has 0 aliphatic heterocycles. The lowest BCUT2D eigenvalue weighted by atomic mass is 9.92. The van der Waals surface area contributed by atoms with Gasteiger partial charge in [-0.3, -0.25) is 0 Å². The molecule has 0 N–H and O–H groups in total. The Morgan fingerprint density at radius 2 is 0.741 bits per heavy atom. The molecule has 0 fully saturated rings. The van der Waals surface area contributed by atoms with Crippen LogP contribution in [0.5, 0.6) is 23.0 Å². The Hall–Kier alpha value is -7.18. The maximum absolute atomic E-state index is 13.7. The number of carbonyl (C=O) groups excluding carboxylic acids is 2. The van der Waals surface area contributed by atoms with Gasteiger partial charge in [-0.05, 0) is 93.3 Å². The highest BCUT2D eigenvalue weighted by atomic mass is 16.5. The zero-order chi connectivity index (χ0) is 36.7. The fraction of sp³-hybridized carbons (Fsp3) is 0.0417. The van der Waals surface area contributed by atoms with Crippen LogP contribution >= 0.6 is 0 Å². The first-order chi connectivity index (χ1) is 26.6. The van der Waals surface area contributed by atoms with Gasteiger partial charge in [-0.2, -0.15) is 0 Å². The molecule has 0 aromatic heterocycles. The molecule has 6 nitrogen and oxygen atoms in total. The molecule has 0 heterocycles. The molecule has 0 saturated carbocycles. The van der Waals surface area contributed by atoms with Gasteiger partial charge in [0.05, 0.1) is 11.1 Å². The predicted octanol–water partition coefficient (Wildman–Crippen LogP) is 11.3. The van der Waals surface area contributed by atoms with E-state index in [-0.39, 0.29) is 0 Å². The molecule has 54 heavy (non-hydrogen) atoms. The van der Waals surface area contributed by atoms with E-state index >= 15 is 0 Å². The van der Waals surface area contributed by atoms with E-state index in [4.69, 9.17) is 18.9 Å². The van der Waals surface area contributed by atoms with Crippen molar-refractivity contribution in [3.8, 4) is 34.1 Å². The first-order valence-corrected chi connectivity index (χ1v) is 17.6. The third kappa shape index (κ3) is 7.54. The Labute approximate surface area is 312 Å². The fourth-order valence-electron chi connectivity index (χ4n) is 6.36. The number of hydrogen-bond acceptors (Lipinski definition) is 6. The van der Waals surface area contributed by atoms with Crippen LogP contribution in [0.25, 0.3) is 32.7 Å². The zero-order valence-corrected chi connectivity index (χ0v) is 29.2. The quantitative estimate of drug-likeness (QED) is 0.0985. The molecule has 8 aromatic carbocycles. The van der Waals surface area contributed by atoms with Crippen LogP contribution < -0.4 is 18.9 Å². The Kier molecular flexibility index (Phi) is 9.80. The molecule has 0 aliphatic rings. The lowest BCUT2D eigenvalue weighted by Gasteiger charge is -2.19. The molecule has 6 heteroatoms. The van der Waals surface area contributed by atoms with Crippen molar-refractivity contribution in [3.63, 3.8) is 0 Å². The van der Waals surface area contributed by atoms with Gasteiger partial charge in [-0.25, -0.2) is 9.59 Å². The number of ether oxygens (including phenoxy) is 4. The van der Waals surface area contributed by atoms with E-state index in [0.717, 1.165) is 32.7 Å².